The van der Waals surface area contributed by atoms with Crippen molar-refractivity contribution in [2.75, 3.05) is 6.79 Å². The smallest absolute Gasteiger partial charge is 0.231 e. The fraction of sp³-hybridized carbons (Fsp3) is 0.500. The van der Waals surface area contributed by atoms with E-state index in [1.165, 1.54) is 0 Å². The number of ether oxygens (including phenoxy) is 2. The van der Waals surface area contributed by atoms with Crippen molar-refractivity contribution in [2.24, 2.45) is 5.73 Å². The Hall–Kier alpha value is -1.29. The van der Waals surface area contributed by atoms with E-state index in [4.69, 9.17) is 15.2 Å². The second-order valence-corrected chi connectivity index (χ2v) is 4.51. The summed E-state index contributed by atoms with van der Waals surface area (Å²) in [6.07, 6.45) is 2.94. The van der Waals surface area contributed by atoms with Crippen molar-refractivity contribution >= 4 is 0 Å². The van der Waals surface area contributed by atoms with Crippen LogP contribution in [0.5, 0.6) is 11.5 Å². The van der Waals surface area contributed by atoms with Crippen LogP contribution >= 0.6 is 0 Å². The molecule has 1 aliphatic heterocycles. The molecule has 3 rings (SSSR count). The van der Waals surface area contributed by atoms with Crippen LogP contribution in [0.25, 0.3) is 0 Å². The standard InChI is InChI=1S/C12H14FNO2/c13-6-8-4-10-11(16-7-15-10)5-9(8)12(14)2-1-3-12/h4-5H,1-3,6-7,14H2. The number of benzene rings is 1. The van der Waals surface area contributed by atoms with E-state index in [0.717, 1.165) is 24.8 Å². The molecule has 0 atom stereocenters. The molecule has 0 saturated heterocycles. The van der Waals surface area contributed by atoms with Crippen molar-refractivity contribution in [3.05, 3.63) is 23.3 Å². The molecule has 1 saturated carbocycles. The van der Waals surface area contributed by atoms with E-state index in [-0.39, 0.29) is 12.3 Å². The van der Waals surface area contributed by atoms with Gasteiger partial charge in [-0.15, -0.1) is 0 Å². The van der Waals surface area contributed by atoms with E-state index in [1.54, 1.807) is 6.07 Å². The van der Waals surface area contributed by atoms with Crippen LogP contribution in [0, 0.1) is 0 Å². The van der Waals surface area contributed by atoms with E-state index in [1.807, 2.05) is 6.07 Å². The predicted molar refractivity (Wildman–Crippen MR) is 57.1 cm³/mol. The van der Waals surface area contributed by atoms with Gasteiger partial charge in [0.1, 0.15) is 6.67 Å². The zero-order valence-electron chi connectivity index (χ0n) is 8.96. The van der Waals surface area contributed by atoms with Crippen LogP contribution in [0.15, 0.2) is 12.1 Å². The maximum atomic E-state index is 13.0. The zero-order chi connectivity index (χ0) is 11.2. The highest BCUT2D eigenvalue weighted by atomic mass is 19.1. The second-order valence-electron chi connectivity index (χ2n) is 4.51. The highest BCUT2D eigenvalue weighted by Gasteiger charge is 2.37. The van der Waals surface area contributed by atoms with E-state index in [2.05, 4.69) is 0 Å². The Morgan fingerprint density at radius 2 is 1.94 bits per heavy atom. The third-order valence-corrected chi connectivity index (χ3v) is 3.52. The number of nitrogens with two attached hydrogens (primary N) is 1. The summed E-state index contributed by atoms with van der Waals surface area (Å²) in [5.74, 6) is 1.31. The van der Waals surface area contributed by atoms with E-state index in [0.29, 0.717) is 17.1 Å². The molecule has 2 N–H and O–H groups in total. The minimum Gasteiger partial charge on any atom is -0.454 e. The molecule has 1 heterocycles. The second kappa shape index (κ2) is 3.35. The van der Waals surface area contributed by atoms with Gasteiger partial charge in [-0.3, -0.25) is 0 Å². The van der Waals surface area contributed by atoms with Crippen LogP contribution in [0.2, 0.25) is 0 Å². The van der Waals surface area contributed by atoms with Gasteiger partial charge < -0.3 is 15.2 Å². The quantitative estimate of drug-likeness (QED) is 0.836. The van der Waals surface area contributed by atoms with Crippen LogP contribution in [0.1, 0.15) is 30.4 Å². The third kappa shape index (κ3) is 1.29. The average Bonchev–Trinajstić information content (AvgIpc) is 2.71. The molecular formula is C12H14FNO2. The van der Waals surface area contributed by atoms with Crippen LogP contribution in [0.4, 0.5) is 4.39 Å². The Balaban J connectivity index is 2.09. The van der Waals surface area contributed by atoms with Gasteiger partial charge in [-0.25, -0.2) is 4.39 Å². The maximum absolute atomic E-state index is 13.0. The van der Waals surface area contributed by atoms with Gasteiger partial charge in [0.2, 0.25) is 6.79 Å². The van der Waals surface area contributed by atoms with Crippen LogP contribution < -0.4 is 15.2 Å². The van der Waals surface area contributed by atoms with Gasteiger partial charge in [0.15, 0.2) is 11.5 Å². The topological polar surface area (TPSA) is 44.5 Å². The van der Waals surface area contributed by atoms with E-state index < -0.39 is 6.67 Å². The Kier molecular flexibility index (Phi) is 2.07. The van der Waals surface area contributed by atoms with Gasteiger partial charge in [-0.05, 0) is 42.5 Å². The Morgan fingerprint density at radius 3 is 2.50 bits per heavy atom. The highest BCUT2D eigenvalue weighted by molar-refractivity contribution is 5.51. The van der Waals surface area contributed by atoms with E-state index >= 15 is 0 Å². The molecule has 1 aromatic carbocycles. The molecule has 0 aromatic heterocycles. The summed E-state index contributed by atoms with van der Waals surface area (Å²) in [5, 5.41) is 0. The van der Waals surface area contributed by atoms with Crippen LogP contribution in [-0.2, 0) is 12.2 Å². The SMILES string of the molecule is NC1(c2cc3c(cc2CF)OCO3)CCC1. The molecular weight excluding hydrogens is 209 g/mol. The summed E-state index contributed by atoms with van der Waals surface area (Å²) in [6, 6.07) is 3.56. The van der Waals surface area contributed by atoms with Crippen molar-refractivity contribution in [1.29, 1.82) is 0 Å². The number of fused-ring (bicyclic) bond motifs is 1. The predicted octanol–water partition coefficient (Wildman–Crippen LogP) is 2.22. The minimum atomic E-state index is -0.509. The van der Waals surface area contributed by atoms with Gasteiger partial charge in [0, 0.05) is 5.54 Å². The first-order valence-electron chi connectivity index (χ1n) is 5.51. The lowest BCUT2D eigenvalue weighted by atomic mass is 9.71. The Bertz CT molecular complexity index is 429. The van der Waals surface area contributed by atoms with Crippen molar-refractivity contribution in [2.45, 2.75) is 31.5 Å². The minimum absolute atomic E-state index is 0.210. The first-order valence-corrected chi connectivity index (χ1v) is 5.51. The molecule has 0 amide bonds. The van der Waals surface area contributed by atoms with Crippen LogP contribution in [0.3, 0.4) is 0 Å². The summed E-state index contributed by atoms with van der Waals surface area (Å²) in [6.45, 7) is -0.299. The maximum Gasteiger partial charge on any atom is 0.231 e. The molecule has 0 spiro atoms. The molecule has 2 aliphatic rings. The summed E-state index contributed by atoms with van der Waals surface area (Å²) in [5.41, 5.74) is 7.38. The highest BCUT2D eigenvalue weighted by Crippen LogP contribution is 2.45. The lowest BCUT2D eigenvalue weighted by Crippen LogP contribution is -2.44. The summed E-state index contributed by atoms with van der Waals surface area (Å²) >= 11 is 0. The molecule has 0 radical (unpaired) electrons. The molecule has 3 nitrogen and oxygen atoms in total. The number of hydrogen-bond donors (Lipinski definition) is 1. The summed E-state index contributed by atoms with van der Waals surface area (Å²) < 4.78 is 23.5. The molecule has 1 fully saturated rings. The number of halogens is 1. The van der Waals surface area contributed by atoms with Gasteiger partial charge >= 0.3 is 0 Å². The fourth-order valence-corrected chi connectivity index (χ4v) is 2.39. The Morgan fingerprint density at radius 1 is 1.25 bits per heavy atom. The van der Waals surface area contributed by atoms with Gasteiger partial charge in [0.05, 0.1) is 0 Å². The molecule has 0 bridgehead atoms. The summed E-state index contributed by atoms with van der Waals surface area (Å²) in [7, 11) is 0. The molecule has 4 heteroatoms. The number of rotatable bonds is 2. The monoisotopic (exact) mass is 223 g/mol. The molecule has 1 aromatic rings. The molecule has 86 valence electrons. The average molecular weight is 223 g/mol. The normalized spacial score (nSPS) is 20.6. The van der Waals surface area contributed by atoms with Crippen LogP contribution in [-0.4, -0.2) is 6.79 Å². The molecule has 16 heavy (non-hydrogen) atoms. The first kappa shape index (κ1) is 9.90. The lowest BCUT2D eigenvalue weighted by molar-refractivity contribution is 0.173. The largest absolute Gasteiger partial charge is 0.454 e. The zero-order valence-corrected chi connectivity index (χ0v) is 8.96. The molecule has 1 aliphatic carbocycles. The molecule has 0 unspecified atom stereocenters. The van der Waals surface area contributed by atoms with Gasteiger partial charge in [0.25, 0.3) is 0 Å². The van der Waals surface area contributed by atoms with Gasteiger partial charge in [-0.1, -0.05) is 0 Å². The lowest BCUT2D eigenvalue weighted by Gasteiger charge is -2.39. The number of hydrogen-bond acceptors (Lipinski definition) is 3. The van der Waals surface area contributed by atoms with Crippen molar-refractivity contribution < 1.29 is 13.9 Å². The Labute approximate surface area is 93.3 Å². The van der Waals surface area contributed by atoms with E-state index in [9.17, 15) is 4.39 Å². The fourth-order valence-electron chi connectivity index (χ4n) is 2.39. The van der Waals surface area contributed by atoms with Crippen molar-refractivity contribution in [3.63, 3.8) is 0 Å². The first-order chi connectivity index (χ1) is 7.73. The van der Waals surface area contributed by atoms with Crippen molar-refractivity contribution in [1.82, 2.24) is 0 Å². The van der Waals surface area contributed by atoms with Gasteiger partial charge in [-0.2, -0.15) is 0 Å². The summed E-state index contributed by atoms with van der Waals surface area (Å²) in [4.78, 5) is 0. The van der Waals surface area contributed by atoms with Crippen molar-refractivity contribution in [3.8, 4) is 11.5 Å². The number of alkyl halides is 1. The third-order valence-electron chi connectivity index (χ3n) is 3.52.